The van der Waals surface area contributed by atoms with Crippen molar-refractivity contribution in [2.45, 2.75) is 39.2 Å². The number of piperidine rings is 1. The quantitative estimate of drug-likeness (QED) is 0.787. The van der Waals surface area contributed by atoms with Gasteiger partial charge < -0.3 is 15.4 Å². The topological polar surface area (TPSA) is 50.4 Å². The van der Waals surface area contributed by atoms with Gasteiger partial charge in [-0.25, -0.2) is 4.39 Å². The summed E-state index contributed by atoms with van der Waals surface area (Å²) in [5, 5.41) is 6.30. The summed E-state index contributed by atoms with van der Waals surface area (Å²) in [7, 11) is 0. The van der Waals surface area contributed by atoms with Crippen molar-refractivity contribution in [3.8, 4) is 5.75 Å². The van der Waals surface area contributed by atoms with Gasteiger partial charge >= 0.3 is 0 Å². The lowest BCUT2D eigenvalue weighted by Crippen LogP contribution is -2.37. The number of hydrogen-bond donors (Lipinski definition) is 2. The normalized spacial score (nSPS) is 19.7. The number of hydrogen-bond acceptors (Lipinski definition) is 3. The molecule has 2 rings (SSSR count). The van der Waals surface area contributed by atoms with Gasteiger partial charge in [-0.05, 0) is 56.8 Å². The molecule has 3 unspecified atom stereocenters. The Labute approximate surface area is 149 Å². The summed E-state index contributed by atoms with van der Waals surface area (Å²) in [5.74, 6) is 1.16. The average molecular weight is 359 g/mol. The Morgan fingerprint density at radius 3 is 2.92 bits per heavy atom. The van der Waals surface area contributed by atoms with Gasteiger partial charge in [0.05, 0.1) is 6.54 Å². The number of carbonyl (C=O) groups is 1. The van der Waals surface area contributed by atoms with E-state index in [-0.39, 0.29) is 30.2 Å². The number of rotatable bonds is 7. The van der Waals surface area contributed by atoms with Crippen LogP contribution < -0.4 is 15.4 Å². The molecule has 0 aromatic heterocycles. The van der Waals surface area contributed by atoms with E-state index in [4.69, 9.17) is 4.74 Å². The van der Waals surface area contributed by atoms with Crippen LogP contribution in [0.25, 0.3) is 0 Å². The molecule has 2 N–H and O–H groups in total. The van der Waals surface area contributed by atoms with Crippen molar-refractivity contribution in [3.63, 3.8) is 0 Å². The Morgan fingerprint density at radius 2 is 2.25 bits per heavy atom. The molecule has 1 aromatic rings. The van der Waals surface area contributed by atoms with Gasteiger partial charge in [0, 0.05) is 12.5 Å². The van der Waals surface area contributed by atoms with Gasteiger partial charge in [0.1, 0.15) is 17.7 Å². The number of carbonyl (C=O) groups excluding carboxylic acids is 1. The summed E-state index contributed by atoms with van der Waals surface area (Å²) in [6.07, 6.45) is 2.72. The molecule has 0 saturated carbocycles. The smallest absolute Gasteiger partial charge is 0.220 e. The summed E-state index contributed by atoms with van der Waals surface area (Å²) >= 11 is 0. The van der Waals surface area contributed by atoms with Crippen molar-refractivity contribution in [3.05, 3.63) is 30.1 Å². The summed E-state index contributed by atoms with van der Waals surface area (Å²) in [4.78, 5) is 12.1. The molecule has 24 heavy (non-hydrogen) atoms. The first-order valence-corrected chi connectivity index (χ1v) is 8.44. The van der Waals surface area contributed by atoms with Crippen LogP contribution in [0.2, 0.25) is 0 Å². The third-order valence-corrected chi connectivity index (χ3v) is 4.37. The van der Waals surface area contributed by atoms with Crippen LogP contribution in [0.3, 0.4) is 0 Å². The van der Waals surface area contributed by atoms with E-state index >= 15 is 0 Å². The van der Waals surface area contributed by atoms with E-state index in [0.29, 0.717) is 30.6 Å². The fourth-order valence-corrected chi connectivity index (χ4v) is 2.97. The summed E-state index contributed by atoms with van der Waals surface area (Å²) in [6.45, 7) is 6.52. The second-order valence-electron chi connectivity index (χ2n) is 6.48. The zero-order valence-corrected chi connectivity index (χ0v) is 15.2. The second-order valence-corrected chi connectivity index (χ2v) is 6.48. The Bertz CT molecular complexity index is 510. The molecule has 1 fully saturated rings. The average Bonchev–Trinajstić information content (AvgIpc) is 2.54. The van der Waals surface area contributed by atoms with Crippen LogP contribution in [0.1, 0.15) is 33.1 Å². The highest BCUT2D eigenvalue weighted by Crippen LogP contribution is 2.22. The van der Waals surface area contributed by atoms with E-state index in [9.17, 15) is 9.18 Å². The van der Waals surface area contributed by atoms with E-state index < -0.39 is 0 Å². The fraction of sp³-hybridized carbons (Fsp3) is 0.611. The number of nitrogens with one attached hydrogen (secondary N) is 2. The molecule has 3 atom stereocenters. The Balaban J connectivity index is 0.00000288. The molecule has 6 heteroatoms. The maximum atomic E-state index is 13.1. The summed E-state index contributed by atoms with van der Waals surface area (Å²) in [6, 6.07) is 6.03. The standard InChI is InChI=1S/C18H27FN2O2.ClH/c1-13(15-5-4-8-20-12-15)9-18(22)21-11-14(2)23-17-7-3-6-16(19)10-17;/h3,6-7,10,13-15,20H,4-5,8-9,11-12H2,1-2H3,(H,21,22);1H. The minimum Gasteiger partial charge on any atom is -0.489 e. The molecular weight excluding hydrogens is 331 g/mol. The van der Waals surface area contributed by atoms with E-state index in [2.05, 4.69) is 17.6 Å². The third kappa shape index (κ3) is 7.05. The molecule has 1 aliphatic rings. The number of halogens is 2. The van der Waals surface area contributed by atoms with Gasteiger partial charge in [0.2, 0.25) is 5.91 Å². The zero-order valence-electron chi connectivity index (χ0n) is 14.4. The molecule has 1 heterocycles. The van der Waals surface area contributed by atoms with Crippen LogP contribution >= 0.6 is 12.4 Å². The molecule has 0 radical (unpaired) electrons. The lowest BCUT2D eigenvalue weighted by Gasteiger charge is -2.28. The highest BCUT2D eigenvalue weighted by Gasteiger charge is 2.22. The molecular formula is C18H28ClFN2O2. The van der Waals surface area contributed by atoms with Crippen molar-refractivity contribution in [2.24, 2.45) is 11.8 Å². The molecule has 0 aliphatic carbocycles. The Morgan fingerprint density at radius 1 is 1.46 bits per heavy atom. The predicted molar refractivity (Wildman–Crippen MR) is 96.1 cm³/mol. The highest BCUT2D eigenvalue weighted by atomic mass is 35.5. The molecule has 4 nitrogen and oxygen atoms in total. The third-order valence-electron chi connectivity index (χ3n) is 4.37. The monoisotopic (exact) mass is 358 g/mol. The number of ether oxygens (including phenoxy) is 1. The highest BCUT2D eigenvalue weighted by molar-refractivity contribution is 5.85. The molecule has 0 bridgehead atoms. The van der Waals surface area contributed by atoms with Gasteiger partial charge in [-0.2, -0.15) is 0 Å². The number of benzene rings is 1. The van der Waals surface area contributed by atoms with Gasteiger partial charge in [0.15, 0.2) is 0 Å². The van der Waals surface area contributed by atoms with E-state index in [1.54, 1.807) is 12.1 Å². The van der Waals surface area contributed by atoms with E-state index in [1.165, 1.54) is 25.0 Å². The van der Waals surface area contributed by atoms with Crippen molar-refractivity contribution in [2.75, 3.05) is 19.6 Å². The molecule has 1 amide bonds. The summed E-state index contributed by atoms with van der Waals surface area (Å²) < 4.78 is 18.7. The molecule has 0 spiro atoms. The SMILES string of the molecule is CC(CNC(=O)CC(C)C1CCCNC1)Oc1cccc(F)c1.Cl. The van der Waals surface area contributed by atoms with Crippen molar-refractivity contribution in [1.82, 2.24) is 10.6 Å². The first-order valence-electron chi connectivity index (χ1n) is 8.44. The molecule has 1 saturated heterocycles. The van der Waals surface area contributed by atoms with Crippen molar-refractivity contribution < 1.29 is 13.9 Å². The first kappa shape index (κ1) is 20.7. The molecule has 136 valence electrons. The lowest BCUT2D eigenvalue weighted by atomic mass is 9.85. The Kier molecular flexibility index (Phi) is 9.08. The van der Waals surface area contributed by atoms with E-state index in [1.807, 2.05) is 6.92 Å². The van der Waals surface area contributed by atoms with Crippen LogP contribution in [-0.2, 0) is 4.79 Å². The minimum atomic E-state index is -0.325. The van der Waals surface area contributed by atoms with Crippen LogP contribution in [-0.4, -0.2) is 31.6 Å². The lowest BCUT2D eigenvalue weighted by molar-refractivity contribution is -0.122. The van der Waals surface area contributed by atoms with Gasteiger partial charge in [-0.3, -0.25) is 4.79 Å². The maximum Gasteiger partial charge on any atom is 0.220 e. The number of amides is 1. The van der Waals surface area contributed by atoms with Crippen LogP contribution in [0, 0.1) is 17.7 Å². The van der Waals surface area contributed by atoms with Gasteiger partial charge in [-0.15, -0.1) is 12.4 Å². The second kappa shape index (κ2) is 10.5. The van der Waals surface area contributed by atoms with Crippen LogP contribution in [0.15, 0.2) is 24.3 Å². The zero-order chi connectivity index (χ0) is 16.7. The van der Waals surface area contributed by atoms with Gasteiger partial charge in [-0.1, -0.05) is 13.0 Å². The van der Waals surface area contributed by atoms with Crippen molar-refractivity contribution in [1.29, 1.82) is 0 Å². The summed E-state index contributed by atoms with van der Waals surface area (Å²) in [5.41, 5.74) is 0. The van der Waals surface area contributed by atoms with Crippen LogP contribution in [0.5, 0.6) is 5.75 Å². The van der Waals surface area contributed by atoms with Crippen LogP contribution in [0.4, 0.5) is 4.39 Å². The minimum absolute atomic E-state index is 0. The maximum absolute atomic E-state index is 13.1. The fourth-order valence-electron chi connectivity index (χ4n) is 2.97. The largest absolute Gasteiger partial charge is 0.489 e. The molecule has 1 aromatic carbocycles. The van der Waals surface area contributed by atoms with E-state index in [0.717, 1.165) is 13.1 Å². The van der Waals surface area contributed by atoms with Gasteiger partial charge in [0.25, 0.3) is 0 Å². The first-order chi connectivity index (χ1) is 11.0. The predicted octanol–water partition coefficient (Wildman–Crippen LogP) is 3.16. The Hall–Kier alpha value is -1.33. The van der Waals surface area contributed by atoms with Crippen molar-refractivity contribution >= 4 is 18.3 Å². The molecule has 1 aliphatic heterocycles.